The molecule has 8 nitrogen and oxygen atoms in total. The van der Waals surface area contributed by atoms with Crippen molar-refractivity contribution in [2.45, 2.75) is 19.8 Å². The average Bonchev–Trinajstić information content (AvgIpc) is 3.35. The van der Waals surface area contributed by atoms with E-state index in [4.69, 9.17) is 0 Å². The van der Waals surface area contributed by atoms with Crippen molar-refractivity contribution >= 4 is 38.0 Å². The molecule has 4 aromatic heterocycles. The summed E-state index contributed by atoms with van der Waals surface area (Å²) in [5.74, 6) is 0.861. The maximum Gasteiger partial charge on any atom is 0.236 e. The van der Waals surface area contributed by atoms with Crippen molar-refractivity contribution in [3.8, 4) is 0 Å². The minimum absolute atomic E-state index is 0.0506. The summed E-state index contributed by atoms with van der Waals surface area (Å²) in [6, 6.07) is 10.3. The number of benzene rings is 1. The molecule has 0 aliphatic heterocycles. The second-order valence-corrected chi connectivity index (χ2v) is 7.72. The monoisotopic (exact) mass is 390 g/mol. The summed E-state index contributed by atoms with van der Waals surface area (Å²) in [4.78, 5) is 5.15. The fraction of sp³-hybridized carbons (Fsp3) is 0.211. The van der Waals surface area contributed by atoms with Crippen LogP contribution in [0.5, 0.6) is 0 Å². The molecular weight excluding hydrogens is 372 g/mol. The van der Waals surface area contributed by atoms with Crippen molar-refractivity contribution in [1.82, 2.24) is 34.6 Å². The quantitative estimate of drug-likeness (QED) is 0.504. The highest BCUT2D eigenvalue weighted by Crippen LogP contribution is 2.29. The molecule has 5 rings (SSSR count). The maximum atomic E-state index is 4.68. The number of hydrogen-bond acceptors (Lipinski definition) is 7. The van der Waals surface area contributed by atoms with Crippen LogP contribution in [0.1, 0.15) is 29.9 Å². The van der Waals surface area contributed by atoms with Crippen LogP contribution in [-0.2, 0) is 7.05 Å². The van der Waals surface area contributed by atoms with Crippen molar-refractivity contribution in [2.75, 3.05) is 5.32 Å². The van der Waals surface area contributed by atoms with Gasteiger partial charge in [0.25, 0.3) is 0 Å². The van der Waals surface area contributed by atoms with Gasteiger partial charge in [-0.15, -0.1) is 15.3 Å². The molecule has 0 bridgehead atoms. The number of hydrogen-bond donors (Lipinski definition) is 1. The normalized spacial score (nSPS) is 12.7. The zero-order valence-electron chi connectivity index (χ0n) is 15.7. The predicted octanol–water partition coefficient (Wildman–Crippen LogP) is 3.67. The number of aryl methyl sites for hydroxylation is 2. The standard InChI is InChI=1S/C19H18N8S/c1-11(13-6-7-15-14(9-13)5-4-8-20-15)17-22-23-19-27(17)25-18(28-19)21-16-10-26(3)24-12(16)2/h4-11H,1-3H3,(H,21,25)/t11-/m0/s1. The summed E-state index contributed by atoms with van der Waals surface area (Å²) in [5, 5.41) is 22.9. The molecule has 1 atom stereocenters. The van der Waals surface area contributed by atoms with Crippen LogP contribution in [0.3, 0.4) is 0 Å². The molecule has 4 heterocycles. The molecule has 140 valence electrons. The third-order valence-electron chi connectivity index (χ3n) is 4.78. The van der Waals surface area contributed by atoms with E-state index < -0.39 is 0 Å². The van der Waals surface area contributed by atoms with Crippen LogP contribution in [0.4, 0.5) is 10.8 Å². The largest absolute Gasteiger partial charge is 0.327 e. The number of fused-ring (bicyclic) bond motifs is 2. The van der Waals surface area contributed by atoms with Crippen LogP contribution >= 0.6 is 11.3 Å². The first-order valence-corrected chi connectivity index (χ1v) is 9.74. The van der Waals surface area contributed by atoms with Crippen molar-refractivity contribution in [3.05, 3.63) is 59.8 Å². The van der Waals surface area contributed by atoms with Gasteiger partial charge in [-0.25, -0.2) is 0 Å². The van der Waals surface area contributed by atoms with Crippen LogP contribution in [0, 0.1) is 6.92 Å². The Bertz CT molecular complexity index is 1300. The fourth-order valence-electron chi connectivity index (χ4n) is 3.30. The van der Waals surface area contributed by atoms with E-state index in [1.165, 1.54) is 11.3 Å². The first-order valence-electron chi connectivity index (χ1n) is 8.92. The van der Waals surface area contributed by atoms with Gasteiger partial charge in [0.05, 0.1) is 16.9 Å². The van der Waals surface area contributed by atoms with E-state index in [-0.39, 0.29) is 5.92 Å². The number of rotatable bonds is 4. The van der Waals surface area contributed by atoms with Gasteiger partial charge in [0.2, 0.25) is 10.1 Å². The zero-order chi connectivity index (χ0) is 19.3. The van der Waals surface area contributed by atoms with E-state index in [0.29, 0.717) is 0 Å². The molecule has 0 spiro atoms. The van der Waals surface area contributed by atoms with Gasteiger partial charge in [-0.2, -0.15) is 9.61 Å². The second kappa shape index (κ2) is 6.38. The molecule has 1 N–H and O–H groups in total. The van der Waals surface area contributed by atoms with Crippen molar-refractivity contribution in [1.29, 1.82) is 0 Å². The van der Waals surface area contributed by atoms with Gasteiger partial charge in [0.1, 0.15) is 0 Å². The van der Waals surface area contributed by atoms with E-state index in [0.717, 1.165) is 43.8 Å². The van der Waals surface area contributed by atoms with Gasteiger partial charge in [-0.05, 0) is 30.7 Å². The maximum absolute atomic E-state index is 4.68. The van der Waals surface area contributed by atoms with Crippen LogP contribution in [0.2, 0.25) is 0 Å². The third kappa shape index (κ3) is 2.80. The molecular formula is C19H18N8S. The van der Waals surface area contributed by atoms with Crippen molar-refractivity contribution in [2.24, 2.45) is 7.05 Å². The van der Waals surface area contributed by atoms with Crippen LogP contribution in [-0.4, -0.2) is 34.6 Å². The topological polar surface area (TPSA) is 85.8 Å². The number of nitrogens with zero attached hydrogens (tertiary/aromatic N) is 7. The summed E-state index contributed by atoms with van der Waals surface area (Å²) < 4.78 is 3.59. The van der Waals surface area contributed by atoms with E-state index in [2.05, 4.69) is 55.8 Å². The third-order valence-corrected chi connectivity index (χ3v) is 5.60. The summed E-state index contributed by atoms with van der Waals surface area (Å²) in [6.45, 7) is 4.08. The van der Waals surface area contributed by atoms with Gasteiger partial charge in [0, 0.05) is 30.7 Å². The molecule has 0 unspecified atom stereocenters. The van der Waals surface area contributed by atoms with E-state index in [1.54, 1.807) is 10.9 Å². The Morgan fingerprint density at radius 3 is 2.86 bits per heavy atom. The van der Waals surface area contributed by atoms with E-state index in [1.807, 2.05) is 36.8 Å². The molecule has 0 saturated carbocycles. The molecule has 0 aliphatic carbocycles. The second-order valence-electron chi connectivity index (χ2n) is 6.76. The highest BCUT2D eigenvalue weighted by atomic mass is 32.1. The lowest BCUT2D eigenvalue weighted by molar-refractivity contribution is 0.756. The summed E-state index contributed by atoms with van der Waals surface area (Å²) in [7, 11) is 1.90. The number of aromatic nitrogens is 7. The van der Waals surface area contributed by atoms with Gasteiger partial charge in [-0.3, -0.25) is 9.67 Å². The molecule has 0 radical (unpaired) electrons. The predicted molar refractivity (Wildman–Crippen MR) is 109 cm³/mol. The Labute approximate surface area is 164 Å². The Kier molecular flexibility index (Phi) is 3.83. The molecule has 0 amide bonds. The minimum atomic E-state index is 0.0506. The Morgan fingerprint density at radius 1 is 1.14 bits per heavy atom. The highest BCUT2D eigenvalue weighted by Gasteiger charge is 2.19. The van der Waals surface area contributed by atoms with Crippen LogP contribution < -0.4 is 5.32 Å². The van der Waals surface area contributed by atoms with E-state index >= 15 is 0 Å². The number of nitrogens with one attached hydrogen (secondary N) is 1. The highest BCUT2D eigenvalue weighted by molar-refractivity contribution is 7.20. The first kappa shape index (κ1) is 16.8. The van der Waals surface area contributed by atoms with E-state index in [9.17, 15) is 0 Å². The first-order chi connectivity index (χ1) is 13.6. The molecule has 9 heteroatoms. The lowest BCUT2D eigenvalue weighted by atomic mass is 9.99. The van der Waals surface area contributed by atoms with Gasteiger partial charge in [0.15, 0.2) is 5.82 Å². The molecule has 0 saturated heterocycles. The van der Waals surface area contributed by atoms with Crippen LogP contribution in [0.15, 0.2) is 42.7 Å². The molecule has 28 heavy (non-hydrogen) atoms. The smallest absolute Gasteiger partial charge is 0.236 e. The number of anilines is 2. The summed E-state index contributed by atoms with van der Waals surface area (Å²) in [5.41, 5.74) is 3.99. The molecule has 5 aromatic rings. The SMILES string of the molecule is Cc1nn(C)cc1Nc1nn2c([C@@H](C)c3ccc4ncccc4c3)nnc2s1. The Morgan fingerprint density at radius 2 is 2.04 bits per heavy atom. The lowest BCUT2D eigenvalue weighted by Crippen LogP contribution is -2.04. The lowest BCUT2D eigenvalue weighted by Gasteiger charge is -2.10. The van der Waals surface area contributed by atoms with Gasteiger partial charge < -0.3 is 5.32 Å². The molecule has 0 aliphatic rings. The minimum Gasteiger partial charge on any atom is -0.327 e. The fourth-order valence-corrected chi connectivity index (χ4v) is 4.06. The summed E-state index contributed by atoms with van der Waals surface area (Å²) >= 11 is 1.47. The van der Waals surface area contributed by atoms with Crippen LogP contribution in [0.25, 0.3) is 15.9 Å². The summed E-state index contributed by atoms with van der Waals surface area (Å²) in [6.07, 6.45) is 3.74. The molecule has 0 fully saturated rings. The number of pyridine rings is 1. The van der Waals surface area contributed by atoms with Crippen molar-refractivity contribution in [3.63, 3.8) is 0 Å². The average molecular weight is 390 g/mol. The van der Waals surface area contributed by atoms with Gasteiger partial charge in [-0.1, -0.05) is 30.4 Å². The zero-order valence-corrected chi connectivity index (χ0v) is 16.5. The molecule has 1 aromatic carbocycles. The Balaban J connectivity index is 1.49. The Hall–Kier alpha value is -3.33. The van der Waals surface area contributed by atoms with Gasteiger partial charge >= 0.3 is 0 Å². The van der Waals surface area contributed by atoms with Crippen molar-refractivity contribution < 1.29 is 0 Å².